The third-order valence-electron chi connectivity index (χ3n) is 3.51. The van der Waals surface area contributed by atoms with Crippen LogP contribution in [0.15, 0.2) is 53.5 Å². The topological polar surface area (TPSA) is 56.5 Å². The van der Waals surface area contributed by atoms with Gasteiger partial charge in [-0.05, 0) is 42.5 Å². The van der Waals surface area contributed by atoms with Crippen LogP contribution in [0.5, 0.6) is 0 Å². The molecular weight excluding hydrogens is 342 g/mol. The molecule has 3 rings (SSSR count). The minimum Gasteiger partial charge on any atom is -0.286 e. The van der Waals surface area contributed by atoms with Crippen LogP contribution in [0.4, 0.5) is 5.69 Å². The number of halogens is 1. The van der Waals surface area contributed by atoms with E-state index in [1.54, 1.807) is 53.1 Å². The summed E-state index contributed by atoms with van der Waals surface area (Å²) in [4.78, 5) is 19.1. The highest BCUT2D eigenvalue weighted by Gasteiger charge is 2.31. The fourth-order valence-electron chi connectivity index (χ4n) is 2.38. The second kappa shape index (κ2) is 7.08. The Hall–Kier alpha value is -2.29. The van der Waals surface area contributed by atoms with Crippen LogP contribution >= 0.6 is 23.4 Å². The molecule has 0 unspecified atom stereocenters. The number of benzene rings is 2. The van der Waals surface area contributed by atoms with E-state index in [2.05, 4.69) is 18.0 Å². The molecule has 120 valence electrons. The van der Waals surface area contributed by atoms with Crippen molar-refractivity contribution in [2.24, 2.45) is 4.99 Å². The van der Waals surface area contributed by atoms with Crippen LogP contribution in [0.2, 0.25) is 5.02 Å². The molecule has 24 heavy (non-hydrogen) atoms. The Morgan fingerprint density at radius 3 is 2.79 bits per heavy atom. The zero-order valence-electron chi connectivity index (χ0n) is 12.9. The van der Waals surface area contributed by atoms with Gasteiger partial charge in [0.1, 0.15) is 0 Å². The number of hydrogen-bond acceptors (Lipinski definition) is 4. The summed E-state index contributed by atoms with van der Waals surface area (Å²) in [7, 11) is 0. The molecule has 0 bridgehead atoms. The Balaban J connectivity index is 1.91. The number of hydrogen-bond donors (Lipinski definition) is 0. The van der Waals surface area contributed by atoms with Gasteiger partial charge in [-0.3, -0.25) is 9.69 Å². The first kappa shape index (κ1) is 16.6. The van der Waals surface area contributed by atoms with Crippen LogP contribution in [0.25, 0.3) is 0 Å². The third-order valence-corrected chi connectivity index (χ3v) is 4.84. The summed E-state index contributed by atoms with van der Waals surface area (Å²) in [5.41, 5.74) is 1.71. The van der Waals surface area contributed by atoms with Crippen LogP contribution in [0.1, 0.15) is 22.8 Å². The molecule has 1 fully saturated rings. The van der Waals surface area contributed by atoms with Crippen molar-refractivity contribution in [2.45, 2.75) is 12.2 Å². The smallest absolute Gasteiger partial charge is 0.259 e. The number of rotatable bonds is 2. The van der Waals surface area contributed by atoms with Gasteiger partial charge in [0, 0.05) is 22.4 Å². The van der Waals surface area contributed by atoms with Gasteiger partial charge in [0.05, 0.1) is 17.3 Å². The summed E-state index contributed by atoms with van der Waals surface area (Å²) in [6.45, 7) is 2.65. The molecule has 0 spiro atoms. The average Bonchev–Trinajstić information content (AvgIpc) is 2.96. The zero-order valence-corrected chi connectivity index (χ0v) is 14.5. The number of aliphatic imine (C=N–C) groups is 1. The van der Waals surface area contributed by atoms with Crippen LogP contribution in [-0.2, 0) is 0 Å². The maximum atomic E-state index is 12.8. The van der Waals surface area contributed by atoms with Crippen LogP contribution in [0, 0.1) is 11.3 Å². The maximum Gasteiger partial charge on any atom is 0.259 e. The molecule has 0 N–H and O–H groups in total. The van der Waals surface area contributed by atoms with Gasteiger partial charge in [0.15, 0.2) is 5.17 Å². The Morgan fingerprint density at radius 1 is 1.33 bits per heavy atom. The second-order valence-electron chi connectivity index (χ2n) is 5.41. The summed E-state index contributed by atoms with van der Waals surface area (Å²) >= 11 is 7.46. The first-order valence-electron chi connectivity index (χ1n) is 7.40. The summed E-state index contributed by atoms with van der Waals surface area (Å²) in [5, 5.41) is 10.6. The first-order valence-corrected chi connectivity index (χ1v) is 8.65. The lowest BCUT2D eigenvalue weighted by atomic mass is 10.1. The molecule has 0 radical (unpaired) electrons. The highest BCUT2D eigenvalue weighted by Crippen LogP contribution is 2.30. The molecule has 2 aromatic carbocycles. The molecule has 1 aliphatic heterocycles. The Bertz CT molecular complexity index is 842. The zero-order chi connectivity index (χ0) is 17.1. The van der Waals surface area contributed by atoms with Gasteiger partial charge >= 0.3 is 0 Å². The Morgan fingerprint density at radius 2 is 2.08 bits per heavy atom. The van der Waals surface area contributed by atoms with Crippen molar-refractivity contribution in [3.8, 4) is 6.07 Å². The summed E-state index contributed by atoms with van der Waals surface area (Å²) in [6.07, 6.45) is 0. The van der Waals surface area contributed by atoms with E-state index < -0.39 is 0 Å². The van der Waals surface area contributed by atoms with Gasteiger partial charge in [0.2, 0.25) is 0 Å². The van der Waals surface area contributed by atoms with Gasteiger partial charge in [-0.2, -0.15) is 5.26 Å². The predicted molar refractivity (Wildman–Crippen MR) is 97.8 cm³/mol. The SMILES string of the molecule is C[C@@H]1CN(C(=O)c2cccc(C#N)c2)C(=Nc2ccc(Cl)cc2)S1. The molecule has 1 aliphatic rings. The Labute approximate surface area is 149 Å². The largest absolute Gasteiger partial charge is 0.286 e. The molecule has 2 aromatic rings. The van der Waals surface area contributed by atoms with Crippen molar-refractivity contribution >= 4 is 40.1 Å². The van der Waals surface area contributed by atoms with E-state index >= 15 is 0 Å². The average molecular weight is 356 g/mol. The molecule has 0 aliphatic carbocycles. The summed E-state index contributed by atoms with van der Waals surface area (Å²) in [5.74, 6) is -0.142. The number of amidine groups is 1. The van der Waals surface area contributed by atoms with Gasteiger partial charge in [-0.25, -0.2) is 4.99 Å². The lowest BCUT2D eigenvalue weighted by molar-refractivity contribution is 0.0855. The van der Waals surface area contributed by atoms with Crippen molar-refractivity contribution in [3.63, 3.8) is 0 Å². The van der Waals surface area contributed by atoms with E-state index in [9.17, 15) is 4.79 Å². The minimum atomic E-state index is -0.142. The second-order valence-corrected chi connectivity index (χ2v) is 7.25. The van der Waals surface area contributed by atoms with Crippen LogP contribution in [0.3, 0.4) is 0 Å². The van der Waals surface area contributed by atoms with Crippen LogP contribution in [-0.4, -0.2) is 27.8 Å². The van der Waals surface area contributed by atoms with Crippen LogP contribution < -0.4 is 0 Å². The van der Waals surface area contributed by atoms with E-state index in [0.29, 0.717) is 27.9 Å². The molecule has 6 heteroatoms. The standard InChI is InChI=1S/C18H14ClN3OS/c1-12-11-22(17(23)14-4-2-3-13(9-14)10-20)18(24-12)21-16-7-5-15(19)6-8-16/h2-9,12H,11H2,1H3/t12-/m1/s1. The van der Waals surface area contributed by atoms with E-state index in [1.807, 2.05) is 12.1 Å². The van der Waals surface area contributed by atoms with Crippen molar-refractivity contribution in [3.05, 3.63) is 64.7 Å². The molecule has 0 saturated carbocycles. The number of carbonyl (C=O) groups excluding carboxylic acids is 1. The quantitative estimate of drug-likeness (QED) is 0.798. The van der Waals surface area contributed by atoms with E-state index in [1.165, 1.54) is 0 Å². The van der Waals surface area contributed by atoms with Crippen molar-refractivity contribution in [1.29, 1.82) is 5.26 Å². The van der Waals surface area contributed by atoms with Gasteiger partial charge in [-0.1, -0.05) is 36.4 Å². The third kappa shape index (κ3) is 3.61. The highest BCUT2D eigenvalue weighted by molar-refractivity contribution is 8.14. The number of nitrogens with zero attached hydrogens (tertiary/aromatic N) is 3. The molecular formula is C18H14ClN3OS. The van der Waals surface area contributed by atoms with Gasteiger partial charge in [-0.15, -0.1) is 0 Å². The predicted octanol–water partition coefficient (Wildman–Crippen LogP) is 4.48. The van der Waals surface area contributed by atoms with Crippen molar-refractivity contribution in [2.75, 3.05) is 6.54 Å². The van der Waals surface area contributed by atoms with Gasteiger partial charge < -0.3 is 0 Å². The van der Waals surface area contributed by atoms with E-state index in [4.69, 9.17) is 16.9 Å². The molecule has 1 atom stereocenters. The van der Waals surface area contributed by atoms with Crippen molar-refractivity contribution in [1.82, 2.24) is 4.90 Å². The molecule has 1 heterocycles. The molecule has 0 aromatic heterocycles. The van der Waals surface area contributed by atoms with E-state index in [0.717, 1.165) is 5.69 Å². The number of nitriles is 1. The molecule has 4 nitrogen and oxygen atoms in total. The lowest BCUT2D eigenvalue weighted by Crippen LogP contribution is -2.32. The van der Waals surface area contributed by atoms with Crippen molar-refractivity contribution < 1.29 is 4.79 Å². The Kier molecular flexibility index (Phi) is 4.89. The first-order chi connectivity index (χ1) is 11.6. The lowest BCUT2D eigenvalue weighted by Gasteiger charge is -2.16. The fourth-order valence-corrected chi connectivity index (χ4v) is 3.53. The normalized spacial score (nSPS) is 18.6. The maximum absolute atomic E-state index is 12.8. The summed E-state index contributed by atoms with van der Waals surface area (Å²) < 4.78 is 0. The number of carbonyl (C=O) groups is 1. The minimum absolute atomic E-state index is 0.142. The fraction of sp³-hybridized carbons (Fsp3) is 0.167. The molecule has 1 saturated heterocycles. The highest BCUT2D eigenvalue weighted by atomic mass is 35.5. The monoisotopic (exact) mass is 355 g/mol. The number of amides is 1. The van der Waals surface area contributed by atoms with E-state index in [-0.39, 0.29) is 11.2 Å². The molecule has 1 amide bonds. The van der Waals surface area contributed by atoms with Gasteiger partial charge in [0.25, 0.3) is 5.91 Å². The number of thioether (sulfide) groups is 1. The summed E-state index contributed by atoms with van der Waals surface area (Å²) in [6, 6.07) is 16.0.